The number of para-hydroxylation sites is 1. The largest absolute Gasteiger partial charge is 0.469 e. The van der Waals surface area contributed by atoms with Crippen molar-refractivity contribution in [1.29, 1.82) is 0 Å². The lowest BCUT2D eigenvalue weighted by atomic mass is 9.96. The number of carbonyl (C=O) groups excluding carboxylic acids is 2. The maximum atomic E-state index is 13.1. The maximum Gasteiger partial charge on any atom is 0.238 e. The molecule has 148 valence electrons. The zero-order valence-electron chi connectivity index (χ0n) is 16.1. The summed E-state index contributed by atoms with van der Waals surface area (Å²) in [6.07, 6.45) is 5.38. The normalized spacial score (nSPS) is 20.3. The van der Waals surface area contributed by atoms with Gasteiger partial charge >= 0.3 is 0 Å². The number of piperidine rings is 1. The van der Waals surface area contributed by atoms with E-state index in [1.165, 1.54) is 0 Å². The summed E-state index contributed by atoms with van der Waals surface area (Å²) in [7, 11) is 0. The topological polar surface area (TPSA) is 65.8 Å². The Morgan fingerprint density at radius 2 is 1.96 bits per heavy atom. The lowest BCUT2D eigenvalue weighted by Crippen LogP contribution is -2.46. The average Bonchev–Trinajstić information content (AvgIpc) is 3.05. The van der Waals surface area contributed by atoms with Crippen molar-refractivity contribution in [2.45, 2.75) is 32.2 Å². The number of hydrogen-bond acceptors (Lipinski definition) is 4. The first-order chi connectivity index (χ1) is 13.7. The van der Waals surface area contributed by atoms with Crippen molar-refractivity contribution in [3.8, 4) is 0 Å². The molecule has 6 heteroatoms. The van der Waals surface area contributed by atoms with E-state index in [2.05, 4.69) is 10.2 Å². The Labute approximate surface area is 165 Å². The number of nitrogens with zero attached hydrogens (tertiary/aromatic N) is 2. The highest BCUT2D eigenvalue weighted by Gasteiger charge is 2.31. The number of fused-ring (bicyclic) bond motifs is 1. The van der Waals surface area contributed by atoms with Crippen LogP contribution < -0.4 is 5.32 Å². The van der Waals surface area contributed by atoms with E-state index in [0.717, 1.165) is 55.8 Å². The monoisotopic (exact) mass is 381 g/mol. The molecular weight excluding hydrogens is 354 g/mol. The number of aryl methyl sites for hydroxylation is 1. The Kier molecular flexibility index (Phi) is 5.76. The summed E-state index contributed by atoms with van der Waals surface area (Å²) < 4.78 is 5.53. The molecule has 0 spiro atoms. The first kappa shape index (κ1) is 18.7. The number of likely N-dealkylation sites (tertiary alicyclic amines) is 1. The summed E-state index contributed by atoms with van der Waals surface area (Å²) in [5.74, 6) is 1.16. The minimum Gasteiger partial charge on any atom is -0.469 e. The van der Waals surface area contributed by atoms with Crippen LogP contribution in [0.15, 0.2) is 47.1 Å². The molecular formula is C22H27N3O3. The molecule has 1 atom stereocenters. The van der Waals surface area contributed by atoms with Crippen LogP contribution in [0.1, 0.15) is 30.6 Å². The van der Waals surface area contributed by atoms with Crippen molar-refractivity contribution < 1.29 is 14.0 Å². The molecule has 0 saturated carbocycles. The lowest BCUT2D eigenvalue weighted by Gasteiger charge is -2.34. The number of carbonyl (C=O) groups is 2. The van der Waals surface area contributed by atoms with E-state index >= 15 is 0 Å². The van der Waals surface area contributed by atoms with E-state index in [0.29, 0.717) is 19.6 Å². The number of nitrogens with one attached hydrogen (secondary N) is 1. The fraction of sp³-hybridized carbons (Fsp3) is 0.455. The van der Waals surface area contributed by atoms with Gasteiger partial charge in [0, 0.05) is 37.3 Å². The first-order valence-corrected chi connectivity index (χ1v) is 10.1. The second-order valence-electron chi connectivity index (χ2n) is 7.72. The molecule has 0 bridgehead atoms. The second kappa shape index (κ2) is 8.61. The van der Waals surface area contributed by atoms with Gasteiger partial charge in [0.1, 0.15) is 5.76 Å². The number of amides is 2. The van der Waals surface area contributed by atoms with Gasteiger partial charge in [0.25, 0.3) is 0 Å². The standard InChI is InChI=1S/C22H27N3O3/c26-21(23-19-7-2-1-3-8-19)16-24-11-4-6-18(14-24)22(27)25-12-5-9-20-17(15-25)10-13-28-20/h1-3,7-8,10,13,18H,4-6,9,11-12,14-16H2,(H,23,26). The van der Waals surface area contributed by atoms with Gasteiger partial charge in [-0.05, 0) is 44.0 Å². The summed E-state index contributed by atoms with van der Waals surface area (Å²) in [5.41, 5.74) is 1.93. The number of rotatable bonds is 4. The quantitative estimate of drug-likeness (QED) is 0.884. The fourth-order valence-corrected chi connectivity index (χ4v) is 4.21. The van der Waals surface area contributed by atoms with Crippen molar-refractivity contribution >= 4 is 17.5 Å². The molecule has 2 aliphatic heterocycles. The van der Waals surface area contributed by atoms with Crippen LogP contribution in [-0.2, 0) is 22.6 Å². The maximum absolute atomic E-state index is 13.1. The number of furan rings is 1. The molecule has 1 fully saturated rings. The average molecular weight is 381 g/mol. The van der Waals surface area contributed by atoms with Crippen LogP contribution in [0.2, 0.25) is 0 Å². The van der Waals surface area contributed by atoms with Crippen LogP contribution in [0.5, 0.6) is 0 Å². The van der Waals surface area contributed by atoms with E-state index in [1.807, 2.05) is 41.3 Å². The molecule has 2 aromatic rings. The Bertz CT molecular complexity index is 817. The van der Waals surface area contributed by atoms with Crippen molar-refractivity contribution in [2.24, 2.45) is 5.92 Å². The van der Waals surface area contributed by atoms with E-state index in [9.17, 15) is 9.59 Å². The minimum absolute atomic E-state index is 0.0305. The van der Waals surface area contributed by atoms with E-state index in [-0.39, 0.29) is 17.7 Å². The molecule has 1 aromatic carbocycles. The summed E-state index contributed by atoms with van der Waals surface area (Å²) in [5, 5.41) is 2.93. The highest BCUT2D eigenvalue weighted by Crippen LogP contribution is 2.24. The summed E-state index contributed by atoms with van der Waals surface area (Å²) in [4.78, 5) is 29.6. The molecule has 1 N–H and O–H groups in total. The number of benzene rings is 1. The molecule has 2 amide bonds. The summed E-state index contributed by atoms with van der Waals surface area (Å²) in [6.45, 7) is 3.24. The Balaban J connectivity index is 1.33. The fourth-order valence-electron chi connectivity index (χ4n) is 4.21. The molecule has 4 rings (SSSR count). The van der Waals surface area contributed by atoms with Crippen LogP contribution in [0.25, 0.3) is 0 Å². The Morgan fingerprint density at radius 3 is 2.82 bits per heavy atom. The highest BCUT2D eigenvalue weighted by molar-refractivity contribution is 5.92. The molecule has 1 aromatic heterocycles. The molecule has 1 saturated heterocycles. The molecule has 3 heterocycles. The highest BCUT2D eigenvalue weighted by atomic mass is 16.3. The van der Waals surface area contributed by atoms with E-state index in [1.54, 1.807) is 6.26 Å². The molecule has 2 aliphatic rings. The van der Waals surface area contributed by atoms with Crippen molar-refractivity contribution in [1.82, 2.24) is 9.80 Å². The van der Waals surface area contributed by atoms with E-state index < -0.39 is 0 Å². The first-order valence-electron chi connectivity index (χ1n) is 10.1. The minimum atomic E-state index is -0.0354. The van der Waals surface area contributed by atoms with E-state index in [4.69, 9.17) is 4.42 Å². The zero-order valence-corrected chi connectivity index (χ0v) is 16.1. The van der Waals surface area contributed by atoms with Gasteiger partial charge in [0.05, 0.1) is 18.7 Å². The van der Waals surface area contributed by atoms with Crippen LogP contribution >= 0.6 is 0 Å². The van der Waals surface area contributed by atoms with Gasteiger partial charge in [0.15, 0.2) is 0 Å². The van der Waals surface area contributed by atoms with Gasteiger partial charge in [-0.2, -0.15) is 0 Å². The summed E-state index contributed by atoms with van der Waals surface area (Å²) in [6, 6.07) is 11.5. The molecule has 0 radical (unpaired) electrons. The van der Waals surface area contributed by atoms with Crippen LogP contribution in [0.4, 0.5) is 5.69 Å². The van der Waals surface area contributed by atoms with Crippen molar-refractivity contribution in [3.63, 3.8) is 0 Å². The van der Waals surface area contributed by atoms with Gasteiger partial charge in [0.2, 0.25) is 11.8 Å². The molecule has 1 unspecified atom stereocenters. The zero-order chi connectivity index (χ0) is 19.3. The predicted octanol–water partition coefficient (Wildman–Crippen LogP) is 2.91. The van der Waals surface area contributed by atoms with Gasteiger partial charge in [-0.15, -0.1) is 0 Å². The van der Waals surface area contributed by atoms with Gasteiger partial charge < -0.3 is 14.6 Å². The molecule has 28 heavy (non-hydrogen) atoms. The molecule has 6 nitrogen and oxygen atoms in total. The Morgan fingerprint density at radius 1 is 1.11 bits per heavy atom. The van der Waals surface area contributed by atoms with Gasteiger partial charge in [-0.25, -0.2) is 0 Å². The van der Waals surface area contributed by atoms with Crippen molar-refractivity contribution in [2.75, 3.05) is 31.5 Å². The lowest BCUT2D eigenvalue weighted by molar-refractivity contribution is -0.138. The molecule has 0 aliphatic carbocycles. The predicted molar refractivity (Wildman–Crippen MR) is 107 cm³/mol. The Hall–Kier alpha value is -2.60. The second-order valence-corrected chi connectivity index (χ2v) is 7.72. The SMILES string of the molecule is O=C(CN1CCCC(C(=O)N2CCCc3occc3C2)C1)Nc1ccccc1. The smallest absolute Gasteiger partial charge is 0.238 e. The third kappa shape index (κ3) is 4.44. The third-order valence-corrected chi connectivity index (χ3v) is 5.62. The van der Waals surface area contributed by atoms with Gasteiger partial charge in [-0.3, -0.25) is 14.5 Å². The third-order valence-electron chi connectivity index (χ3n) is 5.62. The van der Waals surface area contributed by atoms with Gasteiger partial charge in [-0.1, -0.05) is 18.2 Å². The van der Waals surface area contributed by atoms with Crippen LogP contribution in [-0.4, -0.2) is 47.8 Å². The van der Waals surface area contributed by atoms with Crippen molar-refractivity contribution in [3.05, 3.63) is 54.0 Å². The number of anilines is 1. The van der Waals surface area contributed by atoms with Crippen LogP contribution in [0.3, 0.4) is 0 Å². The summed E-state index contributed by atoms with van der Waals surface area (Å²) >= 11 is 0. The van der Waals surface area contributed by atoms with Crippen LogP contribution in [0, 0.1) is 5.92 Å². The number of hydrogen-bond donors (Lipinski definition) is 1.